The van der Waals surface area contributed by atoms with Crippen LogP contribution in [0.3, 0.4) is 0 Å². The number of hydrogen-bond donors (Lipinski definition) is 1. The third-order valence-electron chi connectivity index (χ3n) is 6.55. The topological polar surface area (TPSA) is 12.0 Å². The highest BCUT2D eigenvalue weighted by Gasteiger charge is 2.41. The number of hydrogen-bond acceptors (Lipinski definition) is 1. The lowest BCUT2D eigenvalue weighted by Gasteiger charge is -2.28. The van der Waals surface area contributed by atoms with Gasteiger partial charge in [-0.1, -0.05) is 19.3 Å². The molecule has 5 unspecified atom stereocenters. The monoisotopic (exact) mass is 247 g/mol. The van der Waals surface area contributed by atoms with Crippen molar-refractivity contribution in [2.45, 2.75) is 70.3 Å². The number of nitrogens with one attached hydrogen (secondary N) is 1. The Labute approximate surface area is 112 Å². The second-order valence-corrected chi connectivity index (χ2v) is 7.80. The summed E-state index contributed by atoms with van der Waals surface area (Å²) in [5.41, 5.74) is 0. The molecule has 102 valence electrons. The van der Waals surface area contributed by atoms with Crippen molar-refractivity contribution in [1.82, 2.24) is 5.32 Å². The van der Waals surface area contributed by atoms with E-state index in [1.807, 2.05) is 0 Å². The van der Waals surface area contributed by atoms with E-state index in [0.717, 1.165) is 35.6 Å². The zero-order valence-electron chi connectivity index (χ0n) is 11.7. The summed E-state index contributed by atoms with van der Waals surface area (Å²) in [6, 6.07) is 0.911. The van der Waals surface area contributed by atoms with Crippen LogP contribution >= 0.6 is 0 Å². The molecule has 5 atom stereocenters. The highest BCUT2D eigenvalue weighted by atomic mass is 14.9. The van der Waals surface area contributed by atoms with Gasteiger partial charge in [-0.2, -0.15) is 0 Å². The molecular weight excluding hydrogens is 218 g/mol. The minimum Gasteiger partial charge on any atom is -0.314 e. The van der Waals surface area contributed by atoms with Crippen molar-refractivity contribution in [2.75, 3.05) is 6.54 Å². The lowest BCUT2D eigenvalue weighted by molar-refractivity contribution is 0.233. The van der Waals surface area contributed by atoms with E-state index in [0.29, 0.717) is 0 Å². The molecule has 0 aromatic rings. The van der Waals surface area contributed by atoms with Crippen LogP contribution in [-0.4, -0.2) is 12.6 Å². The predicted molar refractivity (Wildman–Crippen MR) is 75.4 cm³/mol. The van der Waals surface area contributed by atoms with Crippen LogP contribution in [0, 0.1) is 29.6 Å². The Kier molecular flexibility index (Phi) is 3.14. The lowest BCUT2D eigenvalue weighted by Crippen LogP contribution is -2.28. The van der Waals surface area contributed by atoms with E-state index in [-0.39, 0.29) is 0 Å². The van der Waals surface area contributed by atoms with Crippen LogP contribution in [0.1, 0.15) is 64.2 Å². The Morgan fingerprint density at radius 3 is 2.39 bits per heavy atom. The molecule has 4 rings (SSSR count). The zero-order valence-corrected chi connectivity index (χ0v) is 11.7. The smallest absolute Gasteiger partial charge is 0.00683 e. The Morgan fingerprint density at radius 2 is 1.67 bits per heavy atom. The SMILES string of the molecule is C1CC(CNC2CC2)C(CC2CC3CCC2C3)C1. The summed E-state index contributed by atoms with van der Waals surface area (Å²) in [4.78, 5) is 0. The van der Waals surface area contributed by atoms with Gasteiger partial charge in [0.15, 0.2) is 0 Å². The van der Waals surface area contributed by atoms with Gasteiger partial charge in [0.05, 0.1) is 0 Å². The van der Waals surface area contributed by atoms with E-state index in [2.05, 4.69) is 5.32 Å². The largest absolute Gasteiger partial charge is 0.314 e. The molecule has 0 spiro atoms. The molecule has 0 radical (unpaired) electrons. The second-order valence-electron chi connectivity index (χ2n) is 7.80. The van der Waals surface area contributed by atoms with Gasteiger partial charge in [-0.25, -0.2) is 0 Å². The molecule has 0 heterocycles. The van der Waals surface area contributed by atoms with Gasteiger partial charge in [0, 0.05) is 6.04 Å². The molecular formula is C17H29N. The summed E-state index contributed by atoms with van der Waals surface area (Å²) in [5, 5.41) is 3.79. The Balaban J connectivity index is 1.29. The minimum atomic E-state index is 0.911. The van der Waals surface area contributed by atoms with Gasteiger partial charge in [-0.15, -0.1) is 0 Å². The Hall–Kier alpha value is -0.0400. The van der Waals surface area contributed by atoms with Crippen LogP contribution in [0.25, 0.3) is 0 Å². The summed E-state index contributed by atoms with van der Waals surface area (Å²) in [6.07, 6.45) is 15.4. The van der Waals surface area contributed by atoms with Gasteiger partial charge in [0.25, 0.3) is 0 Å². The maximum atomic E-state index is 3.79. The fraction of sp³-hybridized carbons (Fsp3) is 1.00. The van der Waals surface area contributed by atoms with Crippen LogP contribution in [0.5, 0.6) is 0 Å². The first-order valence-corrected chi connectivity index (χ1v) is 8.62. The summed E-state index contributed by atoms with van der Waals surface area (Å²) >= 11 is 0. The minimum absolute atomic E-state index is 0.911. The van der Waals surface area contributed by atoms with Crippen LogP contribution in [0.2, 0.25) is 0 Å². The molecule has 0 aromatic carbocycles. The first-order valence-electron chi connectivity index (χ1n) is 8.62. The van der Waals surface area contributed by atoms with E-state index >= 15 is 0 Å². The Morgan fingerprint density at radius 1 is 0.778 bits per heavy atom. The van der Waals surface area contributed by atoms with E-state index < -0.39 is 0 Å². The van der Waals surface area contributed by atoms with E-state index in [1.54, 1.807) is 38.5 Å². The highest BCUT2D eigenvalue weighted by Crippen LogP contribution is 2.52. The summed E-state index contributed by atoms with van der Waals surface area (Å²) in [7, 11) is 0. The third kappa shape index (κ3) is 2.35. The summed E-state index contributed by atoms with van der Waals surface area (Å²) in [6.45, 7) is 1.34. The van der Waals surface area contributed by atoms with Gasteiger partial charge in [0.1, 0.15) is 0 Å². The van der Waals surface area contributed by atoms with E-state index in [1.165, 1.54) is 32.2 Å². The fourth-order valence-corrected chi connectivity index (χ4v) is 5.35. The molecule has 0 amide bonds. The van der Waals surface area contributed by atoms with Crippen molar-refractivity contribution in [2.24, 2.45) is 29.6 Å². The molecule has 4 aliphatic rings. The van der Waals surface area contributed by atoms with Gasteiger partial charge in [-0.3, -0.25) is 0 Å². The van der Waals surface area contributed by atoms with Crippen molar-refractivity contribution >= 4 is 0 Å². The van der Waals surface area contributed by atoms with Crippen LogP contribution in [0.4, 0.5) is 0 Å². The van der Waals surface area contributed by atoms with Crippen molar-refractivity contribution < 1.29 is 0 Å². The molecule has 1 heteroatoms. The molecule has 0 aliphatic heterocycles. The van der Waals surface area contributed by atoms with Gasteiger partial charge in [-0.05, 0) is 81.1 Å². The molecule has 2 bridgehead atoms. The van der Waals surface area contributed by atoms with Gasteiger partial charge in [0.2, 0.25) is 0 Å². The van der Waals surface area contributed by atoms with Crippen molar-refractivity contribution in [3.8, 4) is 0 Å². The molecule has 1 nitrogen and oxygen atoms in total. The quantitative estimate of drug-likeness (QED) is 0.775. The maximum Gasteiger partial charge on any atom is 0.00683 e. The summed E-state index contributed by atoms with van der Waals surface area (Å²) in [5.74, 6) is 5.54. The maximum absolute atomic E-state index is 3.79. The van der Waals surface area contributed by atoms with Crippen molar-refractivity contribution in [3.05, 3.63) is 0 Å². The normalized spacial score (nSPS) is 47.0. The molecule has 0 saturated heterocycles. The van der Waals surface area contributed by atoms with Crippen LogP contribution in [-0.2, 0) is 0 Å². The molecule has 4 saturated carbocycles. The number of rotatable bonds is 5. The molecule has 1 N–H and O–H groups in total. The van der Waals surface area contributed by atoms with E-state index in [9.17, 15) is 0 Å². The van der Waals surface area contributed by atoms with Crippen LogP contribution < -0.4 is 5.32 Å². The van der Waals surface area contributed by atoms with Crippen molar-refractivity contribution in [3.63, 3.8) is 0 Å². The van der Waals surface area contributed by atoms with Crippen LogP contribution in [0.15, 0.2) is 0 Å². The van der Waals surface area contributed by atoms with E-state index in [4.69, 9.17) is 0 Å². The van der Waals surface area contributed by atoms with Crippen molar-refractivity contribution in [1.29, 1.82) is 0 Å². The number of fused-ring (bicyclic) bond motifs is 2. The summed E-state index contributed by atoms with van der Waals surface area (Å²) < 4.78 is 0. The lowest BCUT2D eigenvalue weighted by atomic mass is 9.79. The standard InChI is InChI=1S/C17H29N/c1-2-13(15(3-1)11-18-17-6-7-17)10-16-9-12-4-5-14(16)8-12/h12-18H,1-11H2. The van der Waals surface area contributed by atoms with Gasteiger partial charge >= 0.3 is 0 Å². The molecule has 18 heavy (non-hydrogen) atoms. The first kappa shape index (κ1) is 11.8. The third-order valence-corrected chi connectivity index (χ3v) is 6.55. The molecule has 4 fully saturated rings. The first-order chi connectivity index (χ1) is 8.88. The fourth-order valence-electron chi connectivity index (χ4n) is 5.35. The Bertz CT molecular complexity index is 296. The molecule has 0 aromatic heterocycles. The zero-order chi connectivity index (χ0) is 11.9. The van der Waals surface area contributed by atoms with Gasteiger partial charge < -0.3 is 5.32 Å². The predicted octanol–water partition coefficient (Wildman–Crippen LogP) is 3.98. The second kappa shape index (κ2) is 4.81. The average Bonchev–Trinajstić information content (AvgIpc) is 2.79. The molecule has 4 aliphatic carbocycles. The highest BCUT2D eigenvalue weighted by molar-refractivity contribution is 4.93. The average molecular weight is 247 g/mol.